The van der Waals surface area contributed by atoms with Crippen LogP contribution in [0, 0.1) is 13.8 Å². The zero-order valence-corrected chi connectivity index (χ0v) is 15.3. The molecule has 6 nitrogen and oxygen atoms in total. The third kappa shape index (κ3) is 3.52. The highest BCUT2D eigenvalue weighted by molar-refractivity contribution is 7.92. The lowest BCUT2D eigenvalue weighted by molar-refractivity contribution is 0.390. The van der Waals surface area contributed by atoms with Gasteiger partial charge >= 0.3 is 0 Å². The van der Waals surface area contributed by atoms with Gasteiger partial charge in [0.1, 0.15) is 5.69 Å². The zero-order valence-electron chi connectivity index (χ0n) is 13.7. The van der Waals surface area contributed by atoms with Gasteiger partial charge < -0.3 is 4.52 Å². The van der Waals surface area contributed by atoms with E-state index >= 15 is 0 Å². The molecule has 0 spiro atoms. The van der Waals surface area contributed by atoms with Crippen LogP contribution in [0.3, 0.4) is 0 Å². The number of pyridine rings is 1. The molecule has 0 saturated carbocycles. The Kier molecular flexibility index (Phi) is 4.78. The van der Waals surface area contributed by atoms with Crippen molar-refractivity contribution in [3.05, 3.63) is 70.8 Å². The van der Waals surface area contributed by atoms with Crippen LogP contribution in [0.1, 0.15) is 17.0 Å². The lowest BCUT2D eigenvalue weighted by Gasteiger charge is -2.24. The molecule has 130 valence electrons. The minimum absolute atomic E-state index is 0.0661. The van der Waals surface area contributed by atoms with E-state index in [9.17, 15) is 8.42 Å². The van der Waals surface area contributed by atoms with Crippen LogP contribution < -0.4 is 4.31 Å². The molecule has 8 heteroatoms. The van der Waals surface area contributed by atoms with E-state index in [1.165, 1.54) is 4.31 Å². The van der Waals surface area contributed by atoms with Gasteiger partial charge in [0, 0.05) is 17.4 Å². The number of halogens is 1. The van der Waals surface area contributed by atoms with Gasteiger partial charge in [0.05, 0.1) is 12.2 Å². The summed E-state index contributed by atoms with van der Waals surface area (Å²) in [5.74, 6) is 0.246. The van der Waals surface area contributed by atoms with Gasteiger partial charge in [-0.3, -0.25) is 9.29 Å². The van der Waals surface area contributed by atoms with Crippen molar-refractivity contribution in [3.8, 4) is 0 Å². The van der Waals surface area contributed by atoms with Crippen LogP contribution in [0.2, 0.25) is 5.02 Å². The van der Waals surface area contributed by atoms with Crippen molar-refractivity contribution in [2.75, 3.05) is 4.31 Å². The van der Waals surface area contributed by atoms with Gasteiger partial charge in [-0.15, -0.1) is 0 Å². The number of aryl methyl sites for hydroxylation is 2. The molecule has 0 aliphatic rings. The molecule has 0 N–H and O–H groups in total. The SMILES string of the molecule is Cc1noc(C)c1S(=O)(=O)N(Cc1cccnc1)c1cccc(Cl)c1. The standard InChI is InChI=1S/C17H16ClN3O3S/c1-12-17(13(2)24-20-12)25(22,23)21(11-14-5-4-8-19-10-14)16-7-3-6-15(18)9-16/h3-10H,11H2,1-2H3. The Morgan fingerprint density at radius 2 is 2.00 bits per heavy atom. The molecular weight excluding hydrogens is 362 g/mol. The van der Waals surface area contributed by atoms with E-state index in [2.05, 4.69) is 10.1 Å². The summed E-state index contributed by atoms with van der Waals surface area (Å²) in [5, 5.41) is 4.21. The Bertz CT molecular complexity index is 968. The molecule has 2 heterocycles. The largest absolute Gasteiger partial charge is 0.360 e. The molecule has 25 heavy (non-hydrogen) atoms. The van der Waals surface area contributed by atoms with E-state index in [1.807, 2.05) is 6.07 Å². The summed E-state index contributed by atoms with van der Waals surface area (Å²) in [5.41, 5.74) is 1.52. The normalized spacial score (nSPS) is 11.5. The molecular formula is C17H16ClN3O3S. The van der Waals surface area contributed by atoms with Crippen molar-refractivity contribution in [3.63, 3.8) is 0 Å². The van der Waals surface area contributed by atoms with E-state index < -0.39 is 10.0 Å². The monoisotopic (exact) mass is 377 g/mol. The van der Waals surface area contributed by atoms with Gasteiger partial charge in [-0.25, -0.2) is 8.42 Å². The first-order chi connectivity index (χ1) is 11.9. The summed E-state index contributed by atoms with van der Waals surface area (Å²) < 4.78 is 33.0. The fourth-order valence-electron chi connectivity index (χ4n) is 2.56. The molecule has 0 atom stereocenters. The molecule has 0 bridgehead atoms. The molecule has 0 radical (unpaired) electrons. The maximum atomic E-state index is 13.3. The van der Waals surface area contributed by atoms with Gasteiger partial charge in [-0.1, -0.05) is 28.9 Å². The van der Waals surface area contributed by atoms with Crippen LogP contribution in [0.4, 0.5) is 5.69 Å². The fraction of sp³-hybridized carbons (Fsp3) is 0.176. The lowest BCUT2D eigenvalue weighted by Crippen LogP contribution is -2.31. The van der Waals surface area contributed by atoms with E-state index in [1.54, 1.807) is 56.6 Å². The van der Waals surface area contributed by atoms with Crippen LogP contribution in [-0.4, -0.2) is 18.6 Å². The number of benzene rings is 1. The van der Waals surface area contributed by atoms with Crippen LogP contribution in [-0.2, 0) is 16.6 Å². The molecule has 2 aromatic heterocycles. The van der Waals surface area contributed by atoms with Gasteiger partial charge in [0.15, 0.2) is 10.7 Å². The molecule has 0 aliphatic heterocycles. The molecule has 1 aromatic carbocycles. The van der Waals surface area contributed by atoms with Crippen LogP contribution in [0.15, 0.2) is 58.2 Å². The smallest absolute Gasteiger partial charge is 0.270 e. The Morgan fingerprint density at radius 1 is 1.20 bits per heavy atom. The molecule has 0 fully saturated rings. The predicted molar refractivity (Wildman–Crippen MR) is 95.0 cm³/mol. The van der Waals surface area contributed by atoms with E-state index in [0.717, 1.165) is 5.56 Å². The van der Waals surface area contributed by atoms with E-state index in [4.69, 9.17) is 16.1 Å². The summed E-state index contributed by atoms with van der Waals surface area (Å²) in [4.78, 5) is 4.12. The average Bonchev–Trinajstić information content (AvgIpc) is 2.93. The Labute approximate surface area is 151 Å². The summed E-state index contributed by atoms with van der Waals surface area (Å²) in [6.07, 6.45) is 3.26. The number of anilines is 1. The Hall–Kier alpha value is -2.38. The molecule has 0 amide bonds. The number of hydrogen-bond donors (Lipinski definition) is 0. The third-order valence-electron chi connectivity index (χ3n) is 3.66. The summed E-state index contributed by atoms with van der Waals surface area (Å²) in [7, 11) is -3.90. The zero-order chi connectivity index (χ0) is 18.0. The second-order valence-corrected chi connectivity index (χ2v) is 7.74. The number of aromatic nitrogens is 2. The summed E-state index contributed by atoms with van der Waals surface area (Å²) >= 11 is 6.06. The maximum absolute atomic E-state index is 13.3. The molecule has 3 aromatic rings. The predicted octanol–water partition coefficient (Wildman–Crippen LogP) is 3.74. The first kappa shape index (κ1) is 17.4. The van der Waals surface area contributed by atoms with Crippen molar-refractivity contribution in [1.82, 2.24) is 10.1 Å². The molecule has 0 unspecified atom stereocenters. The number of nitrogens with zero attached hydrogens (tertiary/aromatic N) is 3. The quantitative estimate of drug-likeness (QED) is 0.677. The molecule has 0 saturated heterocycles. The van der Waals surface area contributed by atoms with Crippen molar-refractivity contribution >= 4 is 27.3 Å². The first-order valence-corrected chi connectivity index (χ1v) is 9.31. The minimum atomic E-state index is -3.90. The first-order valence-electron chi connectivity index (χ1n) is 7.49. The highest BCUT2D eigenvalue weighted by atomic mass is 35.5. The average molecular weight is 378 g/mol. The highest BCUT2D eigenvalue weighted by Crippen LogP contribution is 2.30. The van der Waals surface area contributed by atoms with Gasteiger partial charge in [0.2, 0.25) is 0 Å². The molecule has 3 rings (SSSR count). The Morgan fingerprint density at radius 3 is 2.60 bits per heavy atom. The van der Waals surface area contributed by atoms with E-state index in [0.29, 0.717) is 16.4 Å². The summed E-state index contributed by atoms with van der Waals surface area (Å²) in [6.45, 7) is 3.29. The highest BCUT2D eigenvalue weighted by Gasteiger charge is 2.31. The van der Waals surface area contributed by atoms with Gasteiger partial charge in [-0.2, -0.15) is 0 Å². The summed E-state index contributed by atoms with van der Waals surface area (Å²) in [6, 6.07) is 10.3. The minimum Gasteiger partial charge on any atom is -0.360 e. The lowest BCUT2D eigenvalue weighted by atomic mass is 10.2. The number of hydrogen-bond acceptors (Lipinski definition) is 5. The van der Waals surface area contributed by atoms with Gasteiger partial charge in [-0.05, 0) is 43.7 Å². The fourth-order valence-corrected chi connectivity index (χ4v) is 4.48. The molecule has 0 aliphatic carbocycles. The van der Waals surface area contributed by atoms with Crippen molar-refractivity contribution in [2.24, 2.45) is 0 Å². The second kappa shape index (κ2) is 6.85. The van der Waals surface area contributed by atoms with Crippen LogP contribution in [0.25, 0.3) is 0 Å². The van der Waals surface area contributed by atoms with Crippen molar-refractivity contribution in [2.45, 2.75) is 25.3 Å². The third-order valence-corrected chi connectivity index (χ3v) is 5.92. The van der Waals surface area contributed by atoms with Crippen molar-refractivity contribution in [1.29, 1.82) is 0 Å². The number of sulfonamides is 1. The topological polar surface area (TPSA) is 76.3 Å². The van der Waals surface area contributed by atoms with Gasteiger partial charge in [0.25, 0.3) is 10.0 Å². The number of rotatable bonds is 5. The second-order valence-electron chi connectivity index (χ2n) is 5.51. The Balaban J connectivity index is 2.14. The van der Waals surface area contributed by atoms with E-state index in [-0.39, 0.29) is 17.2 Å². The van der Waals surface area contributed by atoms with Crippen LogP contribution in [0.5, 0.6) is 0 Å². The van der Waals surface area contributed by atoms with Crippen molar-refractivity contribution < 1.29 is 12.9 Å². The maximum Gasteiger partial charge on any atom is 0.270 e. The van der Waals surface area contributed by atoms with Crippen LogP contribution >= 0.6 is 11.6 Å².